The lowest BCUT2D eigenvalue weighted by molar-refractivity contribution is 0.0699. The number of hydrogen-bond donors (Lipinski definition) is 1. The minimum atomic E-state index is -1.01. The number of halogens is 2. The molecule has 0 atom stereocenters. The van der Waals surface area contributed by atoms with Crippen molar-refractivity contribution in [1.29, 1.82) is 0 Å². The average molecular weight is 301 g/mol. The van der Waals surface area contributed by atoms with Crippen molar-refractivity contribution in [2.24, 2.45) is 0 Å². The van der Waals surface area contributed by atoms with E-state index in [1.165, 1.54) is 6.07 Å². The Kier molecular flexibility index (Phi) is 2.86. The summed E-state index contributed by atoms with van der Waals surface area (Å²) in [5.41, 5.74) is 1.70. The van der Waals surface area contributed by atoms with Gasteiger partial charge in [0.15, 0.2) is 0 Å². The number of hydrogen-bond acceptors (Lipinski definition) is 2. The SMILES string of the molecule is Cc1cc(Br)c2nc(Cl)cc(C(=O)O)c2c1. The van der Waals surface area contributed by atoms with Crippen LogP contribution in [0.4, 0.5) is 0 Å². The van der Waals surface area contributed by atoms with Gasteiger partial charge in [0.25, 0.3) is 0 Å². The molecule has 1 heterocycles. The number of carboxylic acids is 1. The molecule has 5 heteroatoms. The number of aryl methyl sites for hydroxylation is 1. The molecule has 0 aliphatic rings. The van der Waals surface area contributed by atoms with Crippen molar-refractivity contribution in [3.8, 4) is 0 Å². The molecular weight excluding hydrogens is 293 g/mol. The molecule has 1 N–H and O–H groups in total. The van der Waals surface area contributed by atoms with E-state index in [9.17, 15) is 4.79 Å². The van der Waals surface area contributed by atoms with Crippen LogP contribution in [0.3, 0.4) is 0 Å². The van der Waals surface area contributed by atoms with E-state index < -0.39 is 5.97 Å². The van der Waals surface area contributed by atoms with Crippen molar-refractivity contribution in [1.82, 2.24) is 4.98 Å². The quantitative estimate of drug-likeness (QED) is 0.818. The topological polar surface area (TPSA) is 50.2 Å². The van der Waals surface area contributed by atoms with Gasteiger partial charge in [-0.3, -0.25) is 0 Å². The van der Waals surface area contributed by atoms with E-state index >= 15 is 0 Å². The van der Waals surface area contributed by atoms with E-state index in [0.29, 0.717) is 10.9 Å². The van der Waals surface area contributed by atoms with Crippen LogP contribution >= 0.6 is 27.5 Å². The molecule has 0 radical (unpaired) electrons. The zero-order valence-electron chi connectivity index (χ0n) is 8.29. The highest BCUT2D eigenvalue weighted by Gasteiger charge is 2.13. The standard InChI is InChI=1S/C11H7BrClNO2/c1-5-2-6-7(11(15)16)4-9(13)14-10(6)8(12)3-5/h2-4H,1H3,(H,15,16). The van der Waals surface area contributed by atoms with Crippen molar-refractivity contribution >= 4 is 44.4 Å². The van der Waals surface area contributed by atoms with Gasteiger partial charge >= 0.3 is 5.97 Å². The molecule has 0 aliphatic carbocycles. The summed E-state index contributed by atoms with van der Waals surface area (Å²) in [6.45, 7) is 1.89. The summed E-state index contributed by atoms with van der Waals surface area (Å²) in [5.74, 6) is -1.01. The van der Waals surface area contributed by atoms with Crippen molar-refractivity contribution < 1.29 is 9.90 Å². The highest BCUT2D eigenvalue weighted by atomic mass is 79.9. The Bertz CT molecular complexity index is 598. The Hall–Kier alpha value is -1.13. The molecule has 0 amide bonds. The van der Waals surface area contributed by atoms with Gasteiger partial charge in [-0.05, 0) is 46.6 Å². The van der Waals surface area contributed by atoms with Gasteiger partial charge in [0.2, 0.25) is 0 Å². The summed E-state index contributed by atoms with van der Waals surface area (Å²) in [6.07, 6.45) is 0. The van der Waals surface area contributed by atoms with Crippen LogP contribution in [0.5, 0.6) is 0 Å². The van der Waals surface area contributed by atoms with Gasteiger partial charge in [0, 0.05) is 9.86 Å². The van der Waals surface area contributed by atoms with E-state index in [2.05, 4.69) is 20.9 Å². The fraction of sp³-hybridized carbons (Fsp3) is 0.0909. The molecule has 3 nitrogen and oxygen atoms in total. The molecule has 0 bridgehead atoms. The zero-order valence-corrected chi connectivity index (χ0v) is 10.6. The fourth-order valence-electron chi connectivity index (χ4n) is 1.57. The van der Waals surface area contributed by atoms with Gasteiger partial charge in [0.05, 0.1) is 11.1 Å². The Balaban J connectivity index is 2.95. The monoisotopic (exact) mass is 299 g/mol. The molecule has 0 aliphatic heterocycles. The lowest BCUT2D eigenvalue weighted by Crippen LogP contribution is -1.99. The Morgan fingerprint density at radius 1 is 1.44 bits per heavy atom. The number of aromatic nitrogens is 1. The summed E-state index contributed by atoms with van der Waals surface area (Å²) >= 11 is 9.14. The molecule has 1 aromatic heterocycles. The third kappa shape index (κ3) is 1.90. The van der Waals surface area contributed by atoms with E-state index in [1.807, 2.05) is 13.0 Å². The zero-order chi connectivity index (χ0) is 11.9. The van der Waals surface area contributed by atoms with Crippen LogP contribution in [0.25, 0.3) is 10.9 Å². The van der Waals surface area contributed by atoms with E-state index in [1.54, 1.807) is 6.07 Å². The normalized spacial score (nSPS) is 10.7. The van der Waals surface area contributed by atoms with Gasteiger partial charge < -0.3 is 5.11 Å². The number of carbonyl (C=O) groups is 1. The molecule has 16 heavy (non-hydrogen) atoms. The first-order valence-electron chi connectivity index (χ1n) is 4.48. The molecule has 2 rings (SSSR count). The second kappa shape index (κ2) is 4.03. The van der Waals surface area contributed by atoms with Crippen molar-refractivity contribution in [3.63, 3.8) is 0 Å². The van der Waals surface area contributed by atoms with Crippen LogP contribution in [0, 0.1) is 6.92 Å². The Labute approximate surface area is 105 Å². The lowest BCUT2D eigenvalue weighted by Gasteiger charge is -2.06. The van der Waals surface area contributed by atoms with E-state index in [-0.39, 0.29) is 10.7 Å². The number of pyridine rings is 1. The molecule has 1 aromatic carbocycles. The third-order valence-corrected chi connectivity index (χ3v) is 3.01. The summed E-state index contributed by atoms with van der Waals surface area (Å²) in [7, 11) is 0. The summed E-state index contributed by atoms with van der Waals surface area (Å²) in [5, 5.41) is 9.85. The molecule has 0 fully saturated rings. The average Bonchev–Trinajstić information content (AvgIpc) is 2.18. The Morgan fingerprint density at radius 3 is 2.75 bits per heavy atom. The minimum Gasteiger partial charge on any atom is -0.478 e. The maximum absolute atomic E-state index is 11.1. The molecular formula is C11H7BrClNO2. The first-order valence-corrected chi connectivity index (χ1v) is 5.66. The molecule has 0 saturated heterocycles. The van der Waals surface area contributed by atoms with Gasteiger partial charge in [-0.15, -0.1) is 0 Å². The van der Waals surface area contributed by atoms with E-state index in [0.717, 1.165) is 10.0 Å². The first-order chi connectivity index (χ1) is 7.49. The van der Waals surface area contributed by atoms with Crippen LogP contribution in [0.15, 0.2) is 22.7 Å². The molecule has 0 spiro atoms. The van der Waals surface area contributed by atoms with E-state index in [4.69, 9.17) is 16.7 Å². The van der Waals surface area contributed by atoms with Gasteiger partial charge in [0.1, 0.15) is 5.15 Å². The number of aromatic carboxylic acids is 1. The van der Waals surface area contributed by atoms with Crippen molar-refractivity contribution in [3.05, 3.63) is 39.0 Å². The molecule has 0 saturated carbocycles. The highest BCUT2D eigenvalue weighted by Crippen LogP contribution is 2.28. The molecule has 0 unspecified atom stereocenters. The van der Waals surface area contributed by atoms with Crippen LogP contribution < -0.4 is 0 Å². The number of carboxylic acid groups (broad SMARTS) is 1. The summed E-state index contributed by atoms with van der Waals surface area (Å²) in [4.78, 5) is 15.2. The van der Waals surface area contributed by atoms with Crippen LogP contribution in [-0.2, 0) is 0 Å². The molecule has 2 aromatic rings. The van der Waals surface area contributed by atoms with Crippen molar-refractivity contribution in [2.45, 2.75) is 6.92 Å². The second-order valence-corrected chi connectivity index (χ2v) is 4.68. The van der Waals surface area contributed by atoms with Crippen LogP contribution in [0.1, 0.15) is 15.9 Å². The third-order valence-electron chi connectivity index (χ3n) is 2.21. The predicted octanol–water partition coefficient (Wildman–Crippen LogP) is 3.66. The largest absolute Gasteiger partial charge is 0.478 e. The minimum absolute atomic E-state index is 0.166. The maximum atomic E-state index is 11.1. The highest BCUT2D eigenvalue weighted by molar-refractivity contribution is 9.10. The van der Waals surface area contributed by atoms with Crippen LogP contribution in [-0.4, -0.2) is 16.1 Å². The number of benzene rings is 1. The number of nitrogens with zero attached hydrogens (tertiary/aromatic N) is 1. The summed E-state index contributed by atoms with van der Waals surface area (Å²) in [6, 6.07) is 5.02. The molecule has 82 valence electrons. The summed E-state index contributed by atoms with van der Waals surface area (Å²) < 4.78 is 0.743. The second-order valence-electron chi connectivity index (χ2n) is 3.44. The smallest absolute Gasteiger partial charge is 0.336 e. The van der Waals surface area contributed by atoms with Gasteiger partial charge in [-0.2, -0.15) is 0 Å². The number of fused-ring (bicyclic) bond motifs is 1. The number of rotatable bonds is 1. The van der Waals surface area contributed by atoms with Crippen molar-refractivity contribution in [2.75, 3.05) is 0 Å². The van der Waals surface area contributed by atoms with Crippen LogP contribution in [0.2, 0.25) is 5.15 Å². The lowest BCUT2D eigenvalue weighted by atomic mass is 10.1. The van der Waals surface area contributed by atoms with Gasteiger partial charge in [-0.1, -0.05) is 11.6 Å². The fourth-order valence-corrected chi connectivity index (χ4v) is 2.42. The first kappa shape index (κ1) is 11.4. The Morgan fingerprint density at radius 2 is 2.12 bits per heavy atom. The van der Waals surface area contributed by atoms with Gasteiger partial charge in [-0.25, -0.2) is 9.78 Å². The maximum Gasteiger partial charge on any atom is 0.336 e. The predicted molar refractivity (Wildman–Crippen MR) is 66.1 cm³/mol.